The van der Waals surface area contributed by atoms with Gasteiger partial charge in [0.2, 0.25) is 0 Å². The van der Waals surface area contributed by atoms with Crippen LogP contribution in [0.25, 0.3) is 0 Å². The third kappa shape index (κ3) is 6.21. The van der Waals surface area contributed by atoms with Gasteiger partial charge in [0, 0.05) is 25.7 Å². The molecule has 1 atom stereocenters. The number of nitrogens with one attached hydrogen (secondary N) is 1. The van der Waals surface area contributed by atoms with Crippen molar-refractivity contribution in [1.29, 1.82) is 0 Å². The summed E-state index contributed by atoms with van der Waals surface area (Å²) in [4.78, 5) is 2.40. The van der Waals surface area contributed by atoms with Crippen molar-refractivity contribution in [3.05, 3.63) is 0 Å². The summed E-state index contributed by atoms with van der Waals surface area (Å²) < 4.78 is 5.77. The Hall–Kier alpha value is -0.160. The monoisotopic (exact) mass is 270 g/mol. The fourth-order valence-electron chi connectivity index (χ4n) is 2.76. The summed E-state index contributed by atoms with van der Waals surface area (Å²) in [6, 6.07) is 0.821. The van der Waals surface area contributed by atoms with Gasteiger partial charge < -0.3 is 20.1 Å². The van der Waals surface area contributed by atoms with E-state index in [1.54, 1.807) is 0 Å². The standard InChI is InChI=1S/C15H30N2O2/c1-17(13-7-8-13)10-9-16-11-14(18)12-19-15-5-3-2-4-6-15/h13-16,18H,2-12H2,1H3. The third-order valence-corrected chi connectivity index (χ3v) is 4.27. The topological polar surface area (TPSA) is 44.7 Å². The number of nitrogens with zero attached hydrogens (tertiary/aromatic N) is 1. The molecule has 0 amide bonds. The lowest BCUT2D eigenvalue weighted by molar-refractivity contribution is -0.0229. The van der Waals surface area contributed by atoms with Crippen molar-refractivity contribution in [3.63, 3.8) is 0 Å². The van der Waals surface area contributed by atoms with Crippen LogP contribution < -0.4 is 5.32 Å². The highest BCUT2D eigenvalue weighted by atomic mass is 16.5. The van der Waals surface area contributed by atoms with Crippen molar-refractivity contribution < 1.29 is 9.84 Å². The van der Waals surface area contributed by atoms with Crippen molar-refractivity contribution in [2.45, 2.75) is 63.2 Å². The highest BCUT2D eigenvalue weighted by Crippen LogP contribution is 2.24. The molecule has 2 N–H and O–H groups in total. The van der Waals surface area contributed by atoms with Crippen LogP contribution in [-0.2, 0) is 4.74 Å². The summed E-state index contributed by atoms with van der Waals surface area (Å²) in [5.41, 5.74) is 0. The number of hydrogen-bond acceptors (Lipinski definition) is 4. The van der Waals surface area contributed by atoms with Crippen molar-refractivity contribution >= 4 is 0 Å². The number of aliphatic hydroxyl groups is 1. The molecule has 2 saturated carbocycles. The lowest BCUT2D eigenvalue weighted by Crippen LogP contribution is -2.36. The second-order valence-electron chi connectivity index (χ2n) is 6.16. The van der Waals surface area contributed by atoms with Crippen LogP contribution >= 0.6 is 0 Å². The summed E-state index contributed by atoms with van der Waals surface area (Å²) in [5, 5.41) is 13.2. The summed E-state index contributed by atoms with van der Waals surface area (Å²) in [6.07, 6.45) is 9.00. The predicted octanol–water partition coefficient (Wildman–Crippen LogP) is 1.38. The quantitative estimate of drug-likeness (QED) is 0.621. The van der Waals surface area contributed by atoms with Gasteiger partial charge in [0.05, 0.1) is 18.8 Å². The molecule has 2 aliphatic rings. The molecule has 1 unspecified atom stereocenters. The van der Waals surface area contributed by atoms with Crippen LogP contribution in [0.4, 0.5) is 0 Å². The minimum Gasteiger partial charge on any atom is -0.389 e. The zero-order chi connectivity index (χ0) is 13.5. The molecule has 0 aliphatic heterocycles. The maximum atomic E-state index is 9.87. The van der Waals surface area contributed by atoms with Crippen LogP contribution in [0.1, 0.15) is 44.9 Å². The van der Waals surface area contributed by atoms with Gasteiger partial charge >= 0.3 is 0 Å². The summed E-state index contributed by atoms with van der Waals surface area (Å²) in [5.74, 6) is 0. The van der Waals surface area contributed by atoms with E-state index in [-0.39, 0.29) is 6.10 Å². The molecule has 0 aromatic rings. The van der Waals surface area contributed by atoms with E-state index < -0.39 is 0 Å². The zero-order valence-corrected chi connectivity index (χ0v) is 12.3. The first-order valence-corrected chi connectivity index (χ1v) is 7.96. The first-order chi connectivity index (χ1) is 9.25. The summed E-state index contributed by atoms with van der Waals surface area (Å²) in [6.45, 7) is 3.15. The Morgan fingerprint density at radius 3 is 2.63 bits per heavy atom. The van der Waals surface area contributed by atoms with Crippen molar-refractivity contribution in [3.8, 4) is 0 Å². The fraction of sp³-hybridized carbons (Fsp3) is 1.00. The lowest BCUT2D eigenvalue weighted by Gasteiger charge is -2.23. The normalized spacial score (nSPS) is 22.9. The van der Waals surface area contributed by atoms with Gasteiger partial charge in [-0.3, -0.25) is 0 Å². The number of rotatable bonds is 9. The molecule has 0 bridgehead atoms. The average Bonchev–Trinajstić information content (AvgIpc) is 3.27. The SMILES string of the molecule is CN(CCNCC(O)COC1CCCCC1)C1CC1. The van der Waals surface area contributed by atoms with E-state index in [2.05, 4.69) is 17.3 Å². The van der Waals surface area contributed by atoms with Crippen LogP contribution in [0.2, 0.25) is 0 Å². The first-order valence-electron chi connectivity index (χ1n) is 7.96. The third-order valence-electron chi connectivity index (χ3n) is 4.27. The molecule has 0 aromatic heterocycles. The van der Waals surface area contributed by atoms with E-state index in [0.29, 0.717) is 19.3 Å². The molecule has 2 fully saturated rings. The maximum Gasteiger partial charge on any atom is 0.0897 e. The Labute approximate surface area is 117 Å². The maximum absolute atomic E-state index is 9.87. The number of hydrogen-bond donors (Lipinski definition) is 2. The molecule has 4 heteroatoms. The molecule has 2 aliphatic carbocycles. The molecular weight excluding hydrogens is 240 g/mol. The van der Waals surface area contributed by atoms with E-state index in [4.69, 9.17) is 4.74 Å². The lowest BCUT2D eigenvalue weighted by atomic mass is 9.98. The average molecular weight is 270 g/mol. The van der Waals surface area contributed by atoms with Gasteiger partial charge in [0.15, 0.2) is 0 Å². The first kappa shape index (κ1) is 15.2. The van der Waals surface area contributed by atoms with Crippen LogP contribution in [0.15, 0.2) is 0 Å². The Bertz CT molecular complexity index is 240. The van der Waals surface area contributed by atoms with Crippen LogP contribution in [0, 0.1) is 0 Å². The number of ether oxygens (including phenoxy) is 1. The number of aliphatic hydroxyl groups excluding tert-OH is 1. The second-order valence-corrected chi connectivity index (χ2v) is 6.16. The Kier molecular flexibility index (Phi) is 6.57. The van der Waals surface area contributed by atoms with Crippen molar-refractivity contribution in [2.75, 3.05) is 33.3 Å². The van der Waals surface area contributed by atoms with Gasteiger partial charge in [-0.25, -0.2) is 0 Å². The summed E-state index contributed by atoms with van der Waals surface area (Å²) >= 11 is 0. The van der Waals surface area contributed by atoms with Gasteiger partial charge in [-0.05, 0) is 32.7 Å². The highest BCUT2D eigenvalue weighted by Gasteiger charge is 2.25. The minimum atomic E-state index is -0.367. The van der Waals surface area contributed by atoms with Crippen molar-refractivity contribution in [2.24, 2.45) is 0 Å². The van der Waals surface area contributed by atoms with Gasteiger partial charge in [-0.2, -0.15) is 0 Å². The highest BCUT2D eigenvalue weighted by molar-refractivity contribution is 4.82. The fourth-order valence-corrected chi connectivity index (χ4v) is 2.76. The molecule has 2 rings (SSSR count). The molecule has 4 nitrogen and oxygen atoms in total. The van der Waals surface area contributed by atoms with Crippen LogP contribution in [0.3, 0.4) is 0 Å². The van der Waals surface area contributed by atoms with Crippen LogP contribution in [0.5, 0.6) is 0 Å². The van der Waals surface area contributed by atoms with Gasteiger partial charge in [0.25, 0.3) is 0 Å². The van der Waals surface area contributed by atoms with E-state index in [9.17, 15) is 5.11 Å². The minimum absolute atomic E-state index is 0.367. The van der Waals surface area contributed by atoms with E-state index in [1.165, 1.54) is 44.9 Å². The van der Waals surface area contributed by atoms with Gasteiger partial charge in [0.1, 0.15) is 0 Å². The second kappa shape index (κ2) is 8.20. The molecular formula is C15H30N2O2. The molecule has 0 saturated heterocycles. The van der Waals surface area contributed by atoms with E-state index in [0.717, 1.165) is 19.1 Å². The molecule has 19 heavy (non-hydrogen) atoms. The summed E-state index contributed by atoms with van der Waals surface area (Å²) in [7, 11) is 2.18. The van der Waals surface area contributed by atoms with Gasteiger partial charge in [-0.1, -0.05) is 19.3 Å². The smallest absolute Gasteiger partial charge is 0.0897 e. The largest absolute Gasteiger partial charge is 0.389 e. The van der Waals surface area contributed by atoms with Gasteiger partial charge in [-0.15, -0.1) is 0 Å². The molecule has 0 heterocycles. The Morgan fingerprint density at radius 1 is 1.21 bits per heavy atom. The molecule has 0 radical (unpaired) electrons. The Balaban J connectivity index is 1.43. The molecule has 0 aromatic carbocycles. The predicted molar refractivity (Wildman–Crippen MR) is 77.4 cm³/mol. The Morgan fingerprint density at radius 2 is 1.95 bits per heavy atom. The van der Waals surface area contributed by atoms with Crippen molar-refractivity contribution in [1.82, 2.24) is 10.2 Å². The molecule has 0 spiro atoms. The number of likely N-dealkylation sites (N-methyl/N-ethyl adjacent to an activating group) is 1. The van der Waals surface area contributed by atoms with E-state index >= 15 is 0 Å². The van der Waals surface area contributed by atoms with Crippen LogP contribution in [-0.4, -0.2) is 61.5 Å². The molecule has 112 valence electrons. The zero-order valence-electron chi connectivity index (χ0n) is 12.3. The van der Waals surface area contributed by atoms with E-state index in [1.807, 2.05) is 0 Å².